The number of halogens is 3. The average molecular weight is 306 g/mol. The van der Waals surface area contributed by atoms with Crippen LogP contribution >= 0.6 is 11.8 Å². The van der Waals surface area contributed by atoms with Gasteiger partial charge in [-0.2, -0.15) is 13.2 Å². The van der Waals surface area contributed by atoms with Gasteiger partial charge in [-0.1, -0.05) is 0 Å². The molecule has 4 nitrogen and oxygen atoms in total. The average Bonchev–Trinajstić information content (AvgIpc) is 2.22. The first kappa shape index (κ1) is 16.1. The normalized spacial score (nSPS) is 20.2. The fourth-order valence-electron chi connectivity index (χ4n) is 1.82. The Morgan fingerprint density at radius 1 is 1.33 bits per heavy atom. The number of nitrogens with zero attached hydrogens (tertiary/aromatic N) is 1. The zero-order chi connectivity index (χ0) is 13.8. The first-order chi connectivity index (χ1) is 8.18. The summed E-state index contributed by atoms with van der Waals surface area (Å²) in [7, 11) is -3.14. The number of nitrogens with one attached hydrogen (secondary N) is 1. The van der Waals surface area contributed by atoms with Crippen LogP contribution in [-0.4, -0.2) is 55.9 Å². The summed E-state index contributed by atoms with van der Waals surface area (Å²) in [6, 6.07) is 0.108. The lowest BCUT2D eigenvalue weighted by Crippen LogP contribution is -2.45. The Hall–Kier alpha value is 0.01000. The van der Waals surface area contributed by atoms with E-state index in [9.17, 15) is 21.6 Å². The third kappa shape index (κ3) is 6.26. The minimum Gasteiger partial charge on any atom is -0.313 e. The Morgan fingerprint density at radius 3 is 2.33 bits per heavy atom. The Morgan fingerprint density at radius 2 is 1.89 bits per heavy atom. The minimum absolute atomic E-state index is 0.0181. The van der Waals surface area contributed by atoms with Crippen molar-refractivity contribution < 1.29 is 21.6 Å². The summed E-state index contributed by atoms with van der Waals surface area (Å²) in [5, 5.41) is 3.02. The number of hydrogen-bond acceptors (Lipinski definition) is 4. The van der Waals surface area contributed by atoms with Crippen molar-refractivity contribution in [2.45, 2.75) is 24.4 Å². The SMILES string of the molecule is CS(=O)(=O)N1CCC(NCCSC(F)(F)F)CC1. The van der Waals surface area contributed by atoms with Crippen molar-refractivity contribution in [3.8, 4) is 0 Å². The molecule has 1 saturated heterocycles. The van der Waals surface area contributed by atoms with E-state index < -0.39 is 15.5 Å². The Kier molecular flexibility index (Phi) is 5.75. The summed E-state index contributed by atoms with van der Waals surface area (Å²) in [6.07, 6.45) is 2.45. The van der Waals surface area contributed by atoms with Crippen LogP contribution in [0.25, 0.3) is 0 Å². The van der Waals surface area contributed by atoms with Gasteiger partial charge in [0.25, 0.3) is 0 Å². The van der Waals surface area contributed by atoms with E-state index in [0.29, 0.717) is 25.9 Å². The highest BCUT2D eigenvalue weighted by atomic mass is 32.2. The molecule has 0 spiro atoms. The number of piperidine rings is 1. The van der Waals surface area contributed by atoms with E-state index in [1.807, 2.05) is 0 Å². The van der Waals surface area contributed by atoms with Crippen molar-refractivity contribution in [3.63, 3.8) is 0 Å². The van der Waals surface area contributed by atoms with Crippen LogP contribution in [0, 0.1) is 0 Å². The van der Waals surface area contributed by atoms with E-state index in [-0.39, 0.29) is 30.1 Å². The Balaban J connectivity index is 2.17. The van der Waals surface area contributed by atoms with E-state index in [4.69, 9.17) is 0 Å². The maximum Gasteiger partial charge on any atom is 0.441 e. The second kappa shape index (κ2) is 6.44. The van der Waals surface area contributed by atoms with Crippen LogP contribution in [0.15, 0.2) is 0 Å². The lowest BCUT2D eigenvalue weighted by atomic mass is 10.1. The van der Waals surface area contributed by atoms with Gasteiger partial charge in [0.15, 0.2) is 0 Å². The van der Waals surface area contributed by atoms with E-state index in [1.54, 1.807) is 0 Å². The maximum absolute atomic E-state index is 11.9. The molecule has 1 aliphatic heterocycles. The first-order valence-electron chi connectivity index (χ1n) is 5.58. The van der Waals surface area contributed by atoms with Gasteiger partial charge in [0, 0.05) is 31.4 Å². The van der Waals surface area contributed by atoms with Crippen LogP contribution < -0.4 is 5.32 Å². The maximum atomic E-state index is 11.9. The second-order valence-corrected chi connectivity index (χ2v) is 7.33. The molecule has 0 atom stereocenters. The van der Waals surface area contributed by atoms with Gasteiger partial charge in [0.05, 0.1) is 6.26 Å². The topological polar surface area (TPSA) is 49.4 Å². The minimum atomic E-state index is -4.18. The van der Waals surface area contributed by atoms with Crippen LogP contribution in [0.1, 0.15) is 12.8 Å². The van der Waals surface area contributed by atoms with E-state index in [1.165, 1.54) is 10.6 Å². The van der Waals surface area contributed by atoms with Crippen molar-refractivity contribution in [1.29, 1.82) is 0 Å². The molecule has 1 N–H and O–H groups in total. The molecular weight excluding hydrogens is 289 g/mol. The summed E-state index contributed by atoms with van der Waals surface area (Å²) >= 11 is -0.0418. The molecule has 9 heteroatoms. The van der Waals surface area contributed by atoms with Crippen molar-refractivity contribution >= 4 is 21.8 Å². The zero-order valence-electron chi connectivity index (χ0n) is 10.0. The lowest BCUT2D eigenvalue weighted by molar-refractivity contribution is -0.0327. The first-order valence-corrected chi connectivity index (χ1v) is 8.41. The molecule has 0 amide bonds. The molecule has 108 valence electrons. The highest BCUT2D eigenvalue weighted by molar-refractivity contribution is 8.00. The van der Waals surface area contributed by atoms with Gasteiger partial charge in [-0.3, -0.25) is 0 Å². The van der Waals surface area contributed by atoms with Crippen LogP contribution in [0.5, 0.6) is 0 Å². The third-order valence-corrected chi connectivity index (χ3v) is 4.76. The van der Waals surface area contributed by atoms with Crippen molar-refractivity contribution in [2.75, 3.05) is 31.6 Å². The van der Waals surface area contributed by atoms with Crippen molar-refractivity contribution in [2.24, 2.45) is 0 Å². The van der Waals surface area contributed by atoms with Gasteiger partial charge in [0.1, 0.15) is 0 Å². The molecular formula is C9H17F3N2O2S2. The fourth-order valence-corrected chi connectivity index (χ4v) is 3.15. The molecule has 18 heavy (non-hydrogen) atoms. The highest BCUT2D eigenvalue weighted by Gasteiger charge is 2.28. The number of thioether (sulfide) groups is 1. The van der Waals surface area contributed by atoms with Crippen molar-refractivity contribution in [3.05, 3.63) is 0 Å². The summed E-state index contributed by atoms with van der Waals surface area (Å²) in [5.74, 6) is -0.0181. The molecule has 0 aromatic rings. The third-order valence-electron chi connectivity index (χ3n) is 2.72. The van der Waals surface area contributed by atoms with Gasteiger partial charge in [-0.05, 0) is 24.6 Å². The number of hydrogen-bond donors (Lipinski definition) is 1. The molecule has 0 aromatic heterocycles. The summed E-state index contributed by atoms with van der Waals surface area (Å²) in [5.41, 5.74) is -4.18. The van der Waals surface area contributed by atoms with Gasteiger partial charge >= 0.3 is 5.51 Å². The highest BCUT2D eigenvalue weighted by Crippen LogP contribution is 2.29. The molecule has 1 rings (SSSR count). The van der Waals surface area contributed by atoms with Gasteiger partial charge < -0.3 is 5.32 Å². The standard InChI is InChI=1S/C9H17F3N2O2S2/c1-18(15,16)14-5-2-8(3-6-14)13-4-7-17-9(10,11)12/h8,13H,2-7H2,1H3. The fraction of sp³-hybridized carbons (Fsp3) is 1.00. The van der Waals surface area contributed by atoms with Crippen LogP contribution in [0.4, 0.5) is 13.2 Å². The van der Waals surface area contributed by atoms with Crippen molar-refractivity contribution in [1.82, 2.24) is 9.62 Å². The van der Waals surface area contributed by atoms with E-state index in [2.05, 4.69) is 5.32 Å². The molecule has 0 aromatic carbocycles. The molecule has 0 aliphatic carbocycles. The summed E-state index contributed by atoms with van der Waals surface area (Å²) in [6.45, 7) is 1.15. The molecule has 1 heterocycles. The van der Waals surface area contributed by atoms with Crippen LogP contribution in [-0.2, 0) is 10.0 Å². The van der Waals surface area contributed by atoms with E-state index >= 15 is 0 Å². The number of rotatable bonds is 5. The molecule has 0 unspecified atom stereocenters. The molecule has 1 fully saturated rings. The number of sulfonamides is 1. The van der Waals surface area contributed by atoms with E-state index in [0.717, 1.165) is 0 Å². The second-order valence-electron chi connectivity index (χ2n) is 4.18. The summed E-state index contributed by atoms with van der Waals surface area (Å²) < 4.78 is 59.5. The molecule has 0 saturated carbocycles. The van der Waals surface area contributed by atoms with Gasteiger partial charge in [-0.15, -0.1) is 0 Å². The molecule has 0 bridgehead atoms. The Bertz CT molecular complexity index is 351. The predicted octanol–water partition coefficient (Wildman–Crippen LogP) is 1.25. The lowest BCUT2D eigenvalue weighted by Gasteiger charge is -2.30. The largest absolute Gasteiger partial charge is 0.441 e. The number of alkyl halides is 3. The zero-order valence-corrected chi connectivity index (χ0v) is 11.7. The predicted molar refractivity (Wildman–Crippen MR) is 66.0 cm³/mol. The van der Waals surface area contributed by atoms with Gasteiger partial charge in [-0.25, -0.2) is 12.7 Å². The molecule has 0 radical (unpaired) electrons. The smallest absolute Gasteiger partial charge is 0.313 e. The Labute approximate surface area is 109 Å². The van der Waals surface area contributed by atoms with Crippen LogP contribution in [0.3, 0.4) is 0 Å². The quantitative estimate of drug-likeness (QED) is 0.777. The van der Waals surface area contributed by atoms with Gasteiger partial charge in [0.2, 0.25) is 10.0 Å². The molecule has 1 aliphatic rings. The monoisotopic (exact) mass is 306 g/mol. The summed E-state index contributed by atoms with van der Waals surface area (Å²) in [4.78, 5) is 0. The van der Waals surface area contributed by atoms with Crippen LogP contribution in [0.2, 0.25) is 0 Å².